The van der Waals surface area contributed by atoms with Crippen molar-refractivity contribution in [2.24, 2.45) is 0 Å². The minimum Gasteiger partial charge on any atom is -0.384 e. The van der Waals surface area contributed by atoms with Crippen LogP contribution in [0.1, 0.15) is 0 Å². The SMILES string of the molecule is CS(=O)(=O)CCNS(=O)(=O)c1ccc(N)nc1. The molecule has 0 atom stereocenters. The number of anilines is 1. The molecule has 1 aromatic rings. The van der Waals surface area contributed by atoms with Crippen LogP contribution in [-0.4, -0.2) is 40.4 Å². The first kappa shape index (κ1) is 13.9. The van der Waals surface area contributed by atoms with Crippen molar-refractivity contribution in [3.8, 4) is 0 Å². The fourth-order valence-corrected chi connectivity index (χ4v) is 2.57. The lowest BCUT2D eigenvalue weighted by molar-refractivity contribution is 0.581. The summed E-state index contributed by atoms with van der Waals surface area (Å²) >= 11 is 0. The van der Waals surface area contributed by atoms with Crippen LogP contribution in [-0.2, 0) is 19.9 Å². The highest BCUT2D eigenvalue weighted by Gasteiger charge is 2.14. The van der Waals surface area contributed by atoms with Crippen molar-refractivity contribution in [2.45, 2.75) is 4.90 Å². The predicted molar refractivity (Wildman–Crippen MR) is 63.5 cm³/mol. The molecule has 1 heterocycles. The van der Waals surface area contributed by atoms with Crippen molar-refractivity contribution in [1.82, 2.24) is 9.71 Å². The van der Waals surface area contributed by atoms with Gasteiger partial charge in [0.05, 0.1) is 5.75 Å². The zero-order chi connectivity index (χ0) is 13.1. The van der Waals surface area contributed by atoms with Gasteiger partial charge in [-0.25, -0.2) is 26.5 Å². The maximum Gasteiger partial charge on any atom is 0.242 e. The van der Waals surface area contributed by atoms with Gasteiger partial charge in [-0.2, -0.15) is 0 Å². The van der Waals surface area contributed by atoms with Gasteiger partial charge in [-0.15, -0.1) is 0 Å². The van der Waals surface area contributed by atoms with Crippen LogP contribution in [0.3, 0.4) is 0 Å². The molecule has 0 aromatic carbocycles. The molecule has 17 heavy (non-hydrogen) atoms. The van der Waals surface area contributed by atoms with Gasteiger partial charge in [0, 0.05) is 19.0 Å². The zero-order valence-electron chi connectivity index (χ0n) is 9.12. The maximum absolute atomic E-state index is 11.6. The minimum absolute atomic E-state index is 0.0554. The van der Waals surface area contributed by atoms with E-state index in [1.807, 2.05) is 0 Å². The molecule has 0 unspecified atom stereocenters. The van der Waals surface area contributed by atoms with Crippen molar-refractivity contribution in [2.75, 3.05) is 24.3 Å². The second kappa shape index (κ2) is 4.98. The molecule has 9 heteroatoms. The highest BCUT2D eigenvalue weighted by molar-refractivity contribution is 7.91. The van der Waals surface area contributed by atoms with Crippen LogP contribution in [0.2, 0.25) is 0 Å². The average molecular weight is 279 g/mol. The maximum atomic E-state index is 11.6. The van der Waals surface area contributed by atoms with Crippen LogP contribution in [0, 0.1) is 0 Å². The Hall–Kier alpha value is -1.19. The van der Waals surface area contributed by atoms with E-state index in [-0.39, 0.29) is 23.0 Å². The molecule has 0 spiro atoms. The number of aromatic nitrogens is 1. The first-order valence-electron chi connectivity index (χ1n) is 4.60. The molecule has 1 aromatic heterocycles. The van der Waals surface area contributed by atoms with E-state index < -0.39 is 19.9 Å². The van der Waals surface area contributed by atoms with Gasteiger partial charge in [0.2, 0.25) is 10.0 Å². The smallest absolute Gasteiger partial charge is 0.242 e. The fourth-order valence-electron chi connectivity index (χ4n) is 0.995. The highest BCUT2D eigenvalue weighted by atomic mass is 32.2. The number of nitrogens with zero attached hydrogens (tertiary/aromatic N) is 1. The van der Waals surface area contributed by atoms with Gasteiger partial charge in [0.15, 0.2) is 0 Å². The quantitative estimate of drug-likeness (QED) is 0.712. The van der Waals surface area contributed by atoms with Gasteiger partial charge in [0.25, 0.3) is 0 Å². The summed E-state index contributed by atoms with van der Waals surface area (Å²) in [6.07, 6.45) is 2.14. The van der Waals surface area contributed by atoms with Crippen LogP contribution >= 0.6 is 0 Å². The Morgan fingerprint density at radius 2 is 1.94 bits per heavy atom. The Bertz CT molecular complexity index is 578. The molecule has 3 N–H and O–H groups in total. The zero-order valence-corrected chi connectivity index (χ0v) is 10.8. The van der Waals surface area contributed by atoms with Gasteiger partial charge in [-0.05, 0) is 12.1 Å². The summed E-state index contributed by atoms with van der Waals surface area (Å²) in [4.78, 5) is 3.59. The third-order valence-corrected chi connectivity index (χ3v) is 4.23. The topological polar surface area (TPSA) is 119 Å². The van der Waals surface area contributed by atoms with Crippen LogP contribution in [0.4, 0.5) is 5.82 Å². The first-order chi connectivity index (χ1) is 7.71. The van der Waals surface area contributed by atoms with Gasteiger partial charge in [-0.3, -0.25) is 0 Å². The van der Waals surface area contributed by atoms with E-state index in [1.54, 1.807) is 0 Å². The predicted octanol–water partition coefficient (Wildman–Crippen LogP) is -1.01. The molecule has 0 saturated heterocycles. The third kappa shape index (κ3) is 4.67. The minimum atomic E-state index is -3.73. The summed E-state index contributed by atoms with van der Waals surface area (Å²) in [5.41, 5.74) is 5.32. The molecule has 0 amide bonds. The molecule has 0 bridgehead atoms. The average Bonchev–Trinajstić information content (AvgIpc) is 2.15. The number of nitrogens with two attached hydrogens (primary N) is 1. The van der Waals surface area contributed by atoms with Crippen molar-refractivity contribution in [3.05, 3.63) is 18.3 Å². The monoisotopic (exact) mass is 279 g/mol. The summed E-state index contributed by atoms with van der Waals surface area (Å²) in [5, 5.41) is 0. The lowest BCUT2D eigenvalue weighted by Crippen LogP contribution is -2.29. The Labute approximate surface area is 100 Å². The van der Waals surface area contributed by atoms with E-state index in [9.17, 15) is 16.8 Å². The summed E-state index contributed by atoms with van der Waals surface area (Å²) < 4.78 is 47.1. The fraction of sp³-hybridized carbons (Fsp3) is 0.375. The van der Waals surface area contributed by atoms with Gasteiger partial charge in [0.1, 0.15) is 20.6 Å². The molecular formula is C8H13N3O4S2. The van der Waals surface area contributed by atoms with Crippen LogP contribution < -0.4 is 10.5 Å². The summed E-state index contributed by atoms with van der Waals surface area (Å²) in [5.74, 6) is -0.0469. The van der Waals surface area contributed by atoms with E-state index in [1.165, 1.54) is 12.1 Å². The summed E-state index contributed by atoms with van der Waals surface area (Å²) in [6, 6.07) is 2.65. The molecule has 0 radical (unpaired) electrons. The molecule has 7 nitrogen and oxygen atoms in total. The normalized spacial score (nSPS) is 12.5. The Balaban J connectivity index is 2.73. The second-order valence-corrected chi connectivity index (χ2v) is 7.47. The highest BCUT2D eigenvalue weighted by Crippen LogP contribution is 2.07. The van der Waals surface area contributed by atoms with Crippen molar-refractivity contribution < 1.29 is 16.8 Å². The number of hydrogen-bond acceptors (Lipinski definition) is 6. The molecule has 0 aliphatic carbocycles. The van der Waals surface area contributed by atoms with Crippen molar-refractivity contribution in [1.29, 1.82) is 0 Å². The van der Waals surface area contributed by atoms with Crippen LogP contribution in [0.25, 0.3) is 0 Å². The standard InChI is InChI=1S/C8H13N3O4S2/c1-16(12,13)5-4-11-17(14,15)7-2-3-8(9)10-6-7/h2-3,6,11H,4-5H2,1H3,(H2,9,10). The third-order valence-electron chi connectivity index (χ3n) is 1.83. The van der Waals surface area contributed by atoms with E-state index in [4.69, 9.17) is 5.73 Å². The van der Waals surface area contributed by atoms with E-state index in [0.29, 0.717) is 0 Å². The number of sulfonamides is 1. The number of pyridine rings is 1. The summed E-state index contributed by atoms with van der Waals surface area (Å²) in [7, 11) is -6.93. The first-order valence-corrected chi connectivity index (χ1v) is 8.14. The molecule has 0 fully saturated rings. The van der Waals surface area contributed by atoms with Crippen LogP contribution in [0.5, 0.6) is 0 Å². The number of sulfone groups is 1. The van der Waals surface area contributed by atoms with Crippen molar-refractivity contribution in [3.63, 3.8) is 0 Å². The molecule has 96 valence electrons. The van der Waals surface area contributed by atoms with Gasteiger partial charge in [-0.1, -0.05) is 0 Å². The molecule has 0 aliphatic rings. The number of rotatable bonds is 5. The molecule has 1 rings (SSSR count). The Morgan fingerprint density at radius 3 is 2.41 bits per heavy atom. The number of nitrogen functional groups attached to an aromatic ring is 1. The molecule has 0 aliphatic heterocycles. The molecular weight excluding hydrogens is 266 g/mol. The van der Waals surface area contributed by atoms with Gasteiger partial charge >= 0.3 is 0 Å². The largest absolute Gasteiger partial charge is 0.384 e. The van der Waals surface area contributed by atoms with E-state index >= 15 is 0 Å². The van der Waals surface area contributed by atoms with Crippen molar-refractivity contribution >= 4 is 25.7 Å². The van der Waals surface area contributed by atoms with Gasteiger partial charge < -0.3 is 5.73 Å². The second-order valence-electron chi connectivity index (χ2n) is 3.45. The summed E-state index contributed by atoms with van der Waals surface area (Å²) in [6.45, 7) is -0.175. The van der Waals surface area contributed by atoms with E-state index in [2.05, 4.69) is 9.71 Å². The van der Waals surface area contributed by atoms with Crippen LogP contribution in [0.15, 0.2) is 23.2 Å². The lowest BCUT2D eigenvalue weighted by Gasteiger charge is -2.05. The van der Waals surface area contributed by atoms with E-state index in [0.717, 1.165) is 12.5 Å². The lowest BCUT2D eigenvalue weighted by atomic mass is 10.5. The Morgan fingerprint density at radius 1 is 1.29 bits per heavy atom. The number of hydrogen-bond donors (Lipinski definition) is 2. The number of nitrogens with one attached hydrogen (secondary N) is 1. The Kier molecular flexibility index (Phi) is 4.07. The molecule has 0 saturated carbocycles.